The van der Waals surface area contributed by atoms with Crippen LogP contribution in [-0.4, -0.2) is 27.3 Å². The monoisotopic (exact) mass is 301 g/mol. The van der Waals surface area contributed by atoms with Gasteiger partial charge < -0.3 is 5.32 Å². The molecule has 0 aromatic carbocycles. The molecular weight excluding hydrogens is 278 g/mol. The summed E-state index contributed by atoms with van der Waals surface area (Å²) in [5.41, 5.74) is 1.12. The number of aromatic nitrogens is 2. The Bertz CT molecular complexity index is 369. The van der Waals surface area contributed by atoms with Crippen molar-refractivity contribution in [2.75, 3.05) is 12.3 Å². The second-order valence-electron chi connectivity index (χ2n) is 5.20. The Morgan fingerprint density at radius 1 is 1.47 bits per heavy atom. The van der Waals surface area contributed by atoms with Crippen LogP contribution in [0.5, 0.6) is 0 Å². The van der Waals surface area contributed by atoms with Crippen molar-refractivity contribution >= 4 is 23.4 Å². The zero-order chi connectivity index (χ0) is 13.7. The fraction of sp³-hybridized carbons (Fsp3) is 0.786. The summed E-state index contributed by atoms with van der Waals surface area (Å²) < 4.78 is 1.90. The fourth-order valence-corrected chi connectivity index (χ4v) is 4.46. The van der Waals surface area contributed by atoms with E-state index >= 15 is 0 Å². The highest BCUT2D eigenvalue weighted by molar-refractivity contribution is 7.99. The first-order chi connectivity index (χ1) is 9.22. The van der Waals surface area contributed by atoms with Gasteiger partial charge in [0.2, 0.25) is 0 Å². The van der Waals surface area contributed by atoms with E-state index in [9.17, 15) is 0 Å². The van der Waals surface area contributed by atoms with Crippen molar-refractivity contribution in [1.82, 2.24) is 15.1 Å². The molecule has 3 nitrogen and oxygen atoms in total. The van der Waals surface area contributed by atoms with Crippen molar-refractivity contribution < 1.29 is 0 Å². The third kappa shape index (κ3) is 4.14. The summed E-state index contributed by atoms with van der Waals surface area (Å²) in [5, 5.41) is 9.40. The van der Waals surface area contributed by atoms with Crippen LogP contribution in [0.25, 0.3) is 0 Å². The molecule has 108 valence electrons. The number of halogens is 1. The van der Waals surface area contributed by atoms with Crippen LogP contribution in [0.3, 0.4) is 0 Å². The first-order valence-corrected chi connectivity index (χ1v) is 8.67. The molecule has 1 aromatic rings. The van der Waals surface area contributed by atoms with Gasteiger partial charge in [-0.3, -0.25) is 4.68 Å². The minimum Gasteiger partial charge on any atom is -0.308 e. The zero-order valence-corrected chi connectivity index (χ0v) is 13.4. The van der Waals surface area contributed by atoms with Crippen molar-refractivity contribution in [3.63, 3.8) is 0 Å². The second kappa shape index (κ2) is 7.55. The SMILES string of the molecule is CCNC(CSC1CCCCC1)c1c(Cl)cnn1C. The van der Waals surface area contributed by atoms with E-state index in [0.29, 0.717) is 6.04 Å². The van der Waals surface area contributed by atoms with Gasteiger partial charge >= 0.3 is 0 Å². The van der Waals surface area contributed by atoms with Gasteiger partial charge in [0.25, 0.3) is 0 Å². The van der Waals surface area contributed by atoms with Crippen LogP contribution in [0, 0.1) is 0 Å². The normalized spacial score (nSPS) is 18.7. The summed E-state index contributed by atoms with van der Waals surface area (Å²) in [6, 6.07) is 0.303. The lowest BCUT2D eigenvalue weighted by atomic mass is 10.0. The third-order valence-electron chi connectivity index (χ3n) is 3.77. The molecule has 1 aliphatic rings. The predicted molar refractivity (Wildman–Crippen MR) is 84.0 cm³/mol. The van der Waals surface area contributed by atoms with Crippen molar-refractivity contribution in [2.45, 2.75) is 50.3 Å². The highest BCUT2D eigenvalue weighted by atomic mass is 35.5. The molecule has 1 fully saturated rings. The number of hydrogen-bond donors (Lipinski definition) is 1. The molecule has 1 aromatic heterocycles. The minimum atomic E-state index is 0.303. The molecule has 1 saturated carbocycles. The smallest absolute Gasteiger partial charge is 0.0834 e. The molecule has 0 radical (unpaired) electrons. The quantitative estimate of drug-likeness (QED) is 0.867. The van der Waals surface area contributed by atoms with Gasteiger partial charge in [0.1, 0.15) is 0 Å². The minimum absolute atomic E-state index is 0.303. The van der Waals surface area contributed by atoms with Gasteiger partial charge in [0.05, 0.1) is 23.0 Å². The molecule has 1 aliphatic carbocycles. The topological polar surface area (TPSA) is 29.9 Å². The Morgan fingerprint density at radius 3 is 2.79 bits per heavy atom. The highest BCUT2D eigenvalue weighted by Gasteiger charge is 2.21. The highest BCUT2D eigenvalue weighted by Crippen LogP contribution is 2.32. The van der Waals surface area contributed by atoms with E-state index < -0.39 is 0 Å². The fourth-order valence-electron chi connectivity index (χ4n) is 2.76. The van der Waals surface area contributed by atoms with Crippen LogP contribution in [0.15, 0.2) is 6.20 Å². The summed E-state index contributed by atoms with van der Waals surface area (Å²) in [6.45, 7) is 3.10. The van der Waals surface area contributed by atoms with Gasteiger partial charge in [0.15, 0.2) is 0 Å². The van der Waals surface area contributed by atoms with E-state index in [4.69, 9.17) is 11.6 Å². The molecule has 2 rings (SSSR count). The number of hydrogen-bond acceptors (Lipinski definition) is 3. The Balaban J connectivity index is 1.96. The first-order valence-electron chi connectivity index (χ1n) is 7.24. The van der Waals surface area contributed by atoms with Crippen LogP contribution in [0.2, 0.25) is 5.02 Å². The third-order valence-corrected chi connectivity index (χ3v) is 5.53. The molecule has 0 bridgehead atoms. The van der Waals surface area contributed by atoms with Crippen LogP contribution < -0.4 is 5.32 Å². The van der Waals surface area contributed by atoms with Crippen molar-refractivity contribution in [1.29, 1.82) is 0 Å². The summed E-state index contributed by atoms with van der Waals surface area (Å²) in [7, 11) is 1.97. The standard InChI is InChI=1S/C14H24ClN3S/c1-3-16-13(14-12(15)9-17-18(14)2)10-19-11-7-5-4-6-8-11/h9,11,13,16H,3-8,10H2,1-2H3. The Morgan fingerprint density at radius 2 is 2.21 bits per heavy atom. The van der Waals surface area contributed by atoms with Gasteiger partial charge in [-0.1, -0.05) is 37.8 Å². The largest absolute Gasteiger partial charge is 0.308 e. The number of aryl methyl sites for hydroxylation is 1. The summed E-state index contributed by atoms with van der Waals surface area (Å²) >= 11 is 8.36. The van der Waals surface area contributed by atoms with Gasteiger partial charge in [-0.05, 0) is 19.4 Å². The molecule has 19 heavy (non-hydrogen) atoms. The molecule has 1 heterocycles. The van der Waals surface area contributed by atoms with E-state index in [0.717, 1.165) is 28.3 Å². The Labute approximate surface area is 125 Å². The number of nitrogens with zero attached hydrogens (tertiary/aromatic N) is 2. The number of thioether (sulfide) groups is 1. The predicted octanol–water partition coefficient (Wildman–Crippen LogP) is 3.79. The van der Waals surface area contributed by atoms with E-state index in [1.165, 1.54) is 32.1 Å². The zero-order valence-electron chi connectivity index (χ0n) is 11.9. The summed E-state index contributed by atoms with van der Waals surface area (Å²) in [5.74, 6) is 1.08. The molecule has 0 aliphatic heterocycles. The summed E-state index contributed by atoms with van der Waals surface area (Å²) in [6.07, 6.45) is 8.71. The lowest BCUT2D eigenvalue weighted by molar-refractivity contribution is 0.512. The molecular formula is C14H24ClN3S. The molecule has 1 N–H and O–H groups in total. The lowest BCUT2D eigenvalue weighted by Gasteiger charge is -2.24. The maximum atomic E-state index is 6.26. The van der Waals surface area contributed by atoms with Crippen LogP contribution in [-0.2, 0) is 7.05 Å². The molecule has 1 unspecified atom stereocenters. The Kier molecular flexibility index (Phi) is 6.05. The maximum Gasteiger partial charge on any atom is 0.0834 e. The van der Waals surface area contributed by atoms with E-state index in [1.807, 2.05) is 11.7 Å². The Hall–Kier alpha value is -0.190. The van der Waals surface area contributed by atoms with Gasteiger partial charge in [-0.15, -0.1) is 0 Å². The number of nitrogens with one attached hydrogen (secondary N) is 1. The van der Waals surface area contributed by atoms with Gasteiger partial charge in [-0.25, -0.2) is 0 Å². The van der Waals surface area contributed by atoms with Crippen LogP contribution in [0.1, 0.15) is 50.8 Å². The molecule has 5 heteroatoms. The average Bonchev–Trinajstić information content (AvgIpc) is 2.76. The van der Waals surface area contributed by atoms with Crippen molar-refractivity contribution in [2.24, 2.45) is 7.05 Å². The lowest BCUT2D eigenvalue weighted by Crippen LogP contribution is -2.26. The summed E-state index contributed by atoms with van der Waals surface area (Å²) in [4.78, 5) is 0. The number of rotatable bonds is 6. The molecule has 0 amide bonds. The molecule has 1 atom stereocenters. The van der Waals surface area contributed by atoms with Crippen LogP contribution in [0.4, 0.5) is 0 Å². The first kappa shape index (κ1) is 15.2. The maximum absolute atomic E-state index is 6.26. The molecule has 0 spiro atoms. The van der Waals surface area contributed by atoms with Gasteiger partial charge in [0, 0.05) is 18.1 Å². The molecule has 0 saturated heterocycles. The van der Waals surface area contributed by atoms with Crippen molar-refractivity contribution in [3.05, 3.63) is 16.9 Å². The average molecular weight is 302 g/mol. The van der Waals surface area contributed by atoms with E-state index in [-0.39, 0.29) is 0 Å². The van der Waals surface area contributed by atoms with Crippen molar-refractivity contribution in [3.8, 4) is 0 Å². The van der Waals surface area contributed by atoms with Gasteiger partial charge in [-0.2, -0.15) is 16.9 Å². The van der Waals surface area contributed by atoms with Crippen LogP contribution >= 0.6 is 23.4 Å². The second-order valence-corrected chi connectivity index (χ2v) is 6.95. The van der Waals surface area contributed by atoms with E-state index in [1.54, 1.807) is 6.20 Å². The van der Waals surface area contributed by atoms with E-state index in [2.05, 4.69) is 29.1 Å².